The first-order chi connectivity index (χ1) is 8.16. The highest BCUT2D eigenvalue weighted by Gasteiger charge is 2.08. The minimum absolute atomic E-state index is 0.130. The predicted molar refractivity (Wildman–Crippen MR) is 61.5 cm³/mol. The molecule has 1 N–H and O–H groups in total. The van der Waals surface area contributed by atoms with Gasteiger partial charge in [-0.05, 0) is 24.3 Å². The quantitative estimate of drug-likeness (QED) is 0.908. The van der Waals surface area contributed by atoms with E-state index in [9.17, 15) is 4.79 Å². The number of carboxylic acids is 1. The first-order valence-corrected chi connectivity index (χ1v) is 5.21. The van der Waals surface area contributed by atoms with Crippen LogP contribution in [0.5, 0.6) is 5.75 Å². The molecule has 0 aliphatic heterocycles. The Morgan fingerprint density at radius 1 is 1.41 bits per heavy atom. The van der Waals surface area contributed by atoms with Crippen LogP contribution in [0.1, 0.15) is 15.9 Å². The third kappa shape index (κ3) is 2.79. The van der Waals surface area contributed by atoms with E-state index < -0.39 is 5.97 Å². The Morgan fingerprint density at radius 2 is 2.24 bits per heavy atom. The minimum atomic E-state index is -1.02. The van der Waals surface area contributed by atoms with Crippen molar-refractivity contribution >= 4 is 17.6 Å². The van der Waals surface area contributed by atoms with E-state index in [4.69, 9.17) is 25.9 Å². The van der Waals surface area contributed by atoms with Crippen LogP contribution in [0.25, 0.3) is 0 Å². The Labute approximate surface area is 102 Å². The van der Waals surface area contributed by atoms with Gasteiger partial charge in [0.15, 0.2) is 0 Å². The van der Waals surface area contributed by atoms with E-state index in [-0.39, 0.29) is 10.6 Å². The van der Waals surface area contributed by atoms with Gasteiger partial charge in [0.05, 0.1) is 23.1 Å². The van der Waals surface area contributed by atoms with E-state index in [0.717, 1.165) is 5.56 Å². The first-order valence-electron chi connectivity index (χ1n) is 4.83. The number of benzene rings is 1. The molecule has 88 valence electrons. The molecule has 17 heavy (non-hydrogen) atoms. The van der Waals surface area contributed by atoms with E-state index in [2.05, 4.69) is 0 Å². The molecule has 0 saturated heterocycles. The number of aromatic carboxylic acids is 1. The highest BCUT2D eigenvalue weighted by molar-refractivity contribution is 6.32. The van der Waals surface area contributed by atoms with E-state index in [1.807, 2.05) is 0 Å². The molecule has 0 fully saturated rings. The molecule has 5 heteroatoms. The van der Waals surface area contributed by atoms with Gasteiger partial charge in [-0.25, -0.2) is 4.79 Å². The molecule has 0 bridgehead atoms. The molecule has 2 aromatic rings. The van der Waals surface area contributed by atoms with E-state index in [0.29, 0.717) is 12.4 Å². The number of furan rings is 1. The standard InChI is InChI=1S/C12H9ClO4/c13-10-5-9(12(14)15)1-2-11(10)17-7-8-3-4-16-6-8/h1-6H,7H2,(H,14,15). The lowest BCUT2D eigenvalue weighted by atomic mass is 10.2. The van der Waals surface area contributed by atoms with Gasteiger partial charge in [-0.3, -0.25) is 0 Å². The van der Waals surface area contributed by atoms with Crippen molar-refractivity contribution in [3.05, 3.63) is 52.9 Å². The Hall–Kier alpha value is -1.94. The molecule has 4 nitrogen and oxygen atoms in total. The topological polar surface area (TPSA) is 59.7 Å². The summed E-state index contributed by atoms with van der Waals surface area (Å²) in [5.74, 6) is -0.578. The fourth-order valence-electron chi connectivity index (χ4n) is 1.29. The Morgan fingerprint density at radius 3 is 2.82 bits per heavy atom. The molecular weight excluding hydrogens is 244 g/mol. The highest BCUT2D eigenvalue weighted by atomic mass is 35.5. The number of rotatable bonds is 4. The molecule has 0 unspecified atom stereocenters. The van der Waals surface area contributed by atoms with Crippen molar-refractivity contribution in [2.45, 2.75) is 6.61 Å². The van der Waals surface area contributed by atoms with E-state index >= 15 is 0 Å². The van der Waals surface area contributed by atoms with Gasteiger partial charge in [-0.2, -0.15) is 0 Å². The molecule has 0 atom stereocenters. The summed E-state index contributed by atoms with van der Waals surface area (Å²) in [6.07, 6.45) is 3.12. The summed E-state index contributed by atoms with van der Waals surface area (Å²) in [5.41, 5.74) is 1.01. The fraction of sp³-hybridized carbons (Fsp3) is 0.0833. The summed E-state index contributed by atoms with van der Waals surface area (Å²) in [7, 11) is 0. The van der Waals surface area contributed by atoms with Gasteiger partial charge < -0.3 is 14.3 Å². The van der Waals surface area contributed by atoms with Gasteiger partial charge in [-0.1, -0.05) is 11.6 Å². The normalized spacial score (nSPS) is 10.2. The van der Waals surface area contributed by atoms with Crippen molar-refractivity contribution in [3.8, 4) is 5.75 Å². The average Bonchev–Trinajstić information content (AvgIpc) is 2.80. The maximum absolute atomic E-state index is 10.7. The van der Waals surface area contributed by atoms with Crippen LogP contribution < -0.4 is 4.74 Å². The maximum Gasteiger partial charge on any atom is 0.335 e. The molecule has 1 aromatic heterocycles. The monoisotopic (exact) mass is 252 g/mol. The predicted octanol–water partition coefficient (Wildman–Crippen LogP) is 3.21. The molecule has 0 radical (unpaired) electrons. The zero-order valence-electron chi connectivity index (χ0n) is 8.72. The largest absolute Gasteiger partial charge is 0.487 e. The molecule has 0 saturated carbocycles. The molecular formula is C12H9ClO4. The van der Waals surface area contributed by atoms with Crippen LogP contribution in [0.4, 0.5) is 0 Å². The molecule has 0 amide bonds. The SMILES string of the molecule is O=C(O)c1ccc(OCc2ccoc2)c(Cl)c1. The fourth-order valence-corrected chi connectivity index (χ4v) is 1.52. The molecule has 0 aliphatic carbocycles. The third-order valence-corrected chi connectivity index (χ3v) is 2.45. The number of hydrogen-bond donors (Lipinski definition) is 1. The average molecular weight is 253 g/mol. The number of ether oxygens (including phenoxy) is 1. The zero-order valence-corrected chi connectivity index (χ0v) is 9.48. The molecule has 1 aromatic carbocycles. The summed E-state index contributed by atoms with van der Waals surface area (Å²) in [5, 5.41) is 9.04. The maximum atomic E-state index is 10.7. The van der Waals surface area contributed by atoms with Gasteiger partial charge in [-0.15, -0.1) is 0 Å². The van der Waals surface area contributed by atoms with Crippen molar-refractivity contribution in [1.82, 2.24) is 0 Å². The van der Waals surface area contributed by atoms with Crippen LogP contribution in [0, 0.1) is 0 Å². The molecule has 1 heterocycles. The smallest absolute Gasteiger partial charge is 0.335 e. The Bertz CT molecular complexity index is 519. The molecule has 0 aliphatic rings. The van der Waals surface area contributed by atoms with Crippen LogP contribution in [-0.4, -0.2) is 11.1 Å². The number of carboxylic acid groups (broad SMARTS) is 1. The summed E-state index contributed by atoms with van der Waals surface area (Å²) >= 11 is 5.90. The van der Waals surface area contributed by atoms with Gasteiger partial charge in [0, 0.05) is 5.56 Å². The van der Waals surface area contributed by atoms with Crippen LogP contribution in [0.2, 0.25) is 5.02 Å². The van der Waals surface area contributed by atoms with E-state index in [1.165, 1.54) is 18.2 Å². The van der Waals surface area contributed by atoms with Gasteiger partial charge in [0.1, 0.15) is 12.4 Å². The Kier molecular flexibility index (Phi) is 3.35. The van der Waals surface area contributed by atoms with Gasteiger partial charge in [0.25, 0.3) is 0 Å². The van der Waals surface area contributed by atoms with Crippen LogP contribution in [0.15, 0.2) is 41.2 Å². The van der Waals surface area contributed by atoms with Crippen LogP contribution in [-0.2, 0) is 6.61 Å². The summed E-state index contributed by atoms with van der Waals surface area (Å²) in [4.78, 5) is 10.7. The highest BCUT2D eigenvalue weighted by Crippen LogP contribution is 2.26. The van der Waals surface area contributed by atoms with Crippen molar-refractivity contribution in [2.24, 2.45) is 0 Å². The van der Waals surface area contributed by atoms with Crippen LogP contribution in [0.3, 0.4) is 0 Å². The minimum Gasteiger partial charge on any atom is -0.487 e. The second kappa shape index (κ2) is 4.93. The van der Waals surface area contributed by atoms with Crippen molar-refractivity contribution in [2.75, 3.05) is 0 Å². The lowest BCUT2D eigenvalue weighted by Gasteiger charge is -2.07. The number of halogens is 1. The van der Waals surface area contributed by atoms with E-state index in [1.54, 1.807) is 18.6 Å². The first kappa shape index (κ1) is 11.5. The number of hydrogen-bond acceptors (Lipinski definition) is 3. The summed E-state index contributed by atoms with van der Waals surface area (Å²) in [6.45, 7) is 0.322. The van der Waals surface area contributed by atoms with Gasteiger partial charge in [0.2, 0.25) is 0 Å². The molecule has 2 rings (SSSR count). The second-order valence-electron chi connectivity index (χ2n) is 3.37. The van der Waals surface area contributed by atoms with Crippen molar-refractivity contribution < 1.29 is 19.1 Å². The lowest BCUT2D eigenvalue weighted by Crippen LogP contribution is -1.98. The Balaban J connectivity index is 2.09. The summed E-state index contributed by atoms with van der Waals surface area (Å²) < 4.78 is 10.3. The summed E-state index contributed by atoms with van der Waals surface area (Å²) in [6, 6.07) is 6.11. The second-order valence-corrected chi connectivity index (χ2v) is 3.78. The van der Waals surface area contributed by atoms with Crippen molar-refractivity contribution in [3.63, 3.8) is 0 Å². The van der Waals surface area contributed by atoms with Crippen LogP contribution >= 0.6 is 11.6 Å². The van der Waals surface area contributed by atoms with Crippen molar-refractivity contribution in [1.29, 1.82) is 0 Å². The third-order valence-electron chi connectivity index (χ3n) is 2.15. The molecule has 0 spiro atoms. The van der Waals surface area contributed by atoms with Gasteiger partial charge >= 0.3 is 5.97 Å². The number of carbonyl (C=O) groups is 1. The zero-order chi connectivity index (χ0) is 12.3. The lowest BCUT2D eigenvalue weighted by molar-refractivity contribution is 0.0697.